The van der Waals surface area contributed by atoms with Crippen LogP contribution in [0.3, 0.4) is 0 Å². The van der Waals surface area contributed by atoms with E-state index in [2.05, 4.69) is 0 Å². The number of ketones is 3. The molecule has 0 radical (unpaired) electrons. The number of rotatable bonds is 1. The SMILES string of the molecule is NC(=O)C1=C(O)[C@@]2(O)C(=O)C3=C(O)c4c(ccc(C(F)(F)F)c4O)C(=O)[C@H]3[C@H](O)[C@H]2CC1=O. The van der Waals surface area contributed by atoms with E-state index in [-0.39, 0.29) is 0 Å². The zero-order valence-corrected chi connectivity index (χ0v) is 16.2. The van der Waals surface area contributed by atoms with Crippen LogP contribution in [0.5, 0.6) is 5.75 Å². The maximum Gasteiger partial charge on any atom is 0.419 e. The van der Waals surface area contributed by atoms with Gasteiger partial charge in [0, 0.05) is 17.9 Å². The molecule has 0 saturated heterocycles. The van der Waals surface area contributed by atoms with Crippen LogP contribution in [0, 0.1) is 11.8 Å². The Kier molecular flexibility index (Phi) is 4.53. The molecule has 1 saturated carbocycles. The molecule has 0 aromatic heterocycles. The number of hydrogen-bond acceptors (Lipinski definition) is 9. The Balaban J connectivity index is 2.03. The van der Waals surface area contributed by atoms with E-state index >= 15 is 0 Å². The summed E-state index contributed by atoms with van der Waals surface area (Å²) in [4.78, 5) is 50.0. The summed E-state index contributed by atoms with van der Waals surface area (Å²) in [5, 5.41) is 53.0. The van der Waals surface area contributed by atoms with Crippen molar-refractivity contribution in [2.45, 2.75) is 24.3 Å². The average molecular weight is 469 g/mol. The van der Waals surface area contributed by atoms with Crippen molar-refractivity contribution in [3.8, 4) is 5.75 Å². The van der Waals surface area contributed by atoms with E-state index in [4.69, 9.17) is 5.73 Å². The van der Waals surface area contributed by atoms with Crippen molar-refractivity contribution >= 4 is 29.0 Å². The first kappa shape index (κ1) is 22.5. The highest BCUT2D eigenvalue weighted by molar-refractivity contribution is 6.25. The molecule has 10 nitrogen and oxygen atoms in total. The summed E-state index contributed by atoms with van der Waals surface area (Å²) in [5.41, 5.74) is -3.78. The van der Waals surface area contributed by atoms with E-state index in [1.54, 1.807) is 0 Å². The highest BCUT2D eigenvalue weighted by Crippen LogP contribution is 2.53. The predicted molar refractivity (Wildman–Crippen MR) is 98.4 cm³/mol. The smallest absolute Gasteiger partial charge is 0.419 e. The lowest BCUT2D eigenvalue weighted by Crippen LogP contribution is -2.64. The molecule has 1 fully saturated rings. The lowest BCUT2D eigenvalue weighted by Gasteiger charge is -2.48. The first-order valence-electron chi connectivity index (χ1n) is 9.28. The van der Waals surface area contributed by atoms with Gasteiger partial charge in [-0.05, 0) is 12.1 Å². The molecule has 7 N–H and O–H groups in total. The number of phenols is 1. The Morgan fingerprint density at radius 1 is 1.12 bits per heavy atom. The first-order chi connectivity index (χ1) is 15.2. The lowest BCUT2D eigenvalue weighted by molar-refractivity contribution is -0.158. The number of primary amides is 1. The van der Waals surface area contributed by atoms with Crippen LogP contribution in [0.25, 0.3) is 5.76 Å². The average Bonchev–Trinajstić information content (AvgIpc) is 2.69. The minimum absolute atomic E-state index is 0.371. The molecule has 4 rings (SSSR count). The van der Waals surface area contributed by atoms with Crippen LogP contribution >= 0.6 is 0 Å². The normalized spacial score (nSPS) is 29.6. The number of carbonyl (C=O) groups excluding carboxylic acids is 4. The number of aromatic hydroxyl groups is 1. The topological polar surface area (TPSA) is 195 Å². The van der Waals surface area contributed by atoms with E-state index in [9.17, 15) is 57.9 Å². The molecule has 3 aliphatic rings. The van der Waals surface area contributed by atoms with E-state index in [0.29, 0.717) is 12.1 Å². The third-order valence-corrected chi connectivity index (χ3v) is 6.24. The molecular formula is C20H14F3NO9. The van der Waals surface area contributed by atoms with Crippen LogP contribution in [0.15, 0.2) is 29.0 Å². The lowest BCUT2D eigenvalue weighted by atomic mass is 9.57. The third-order valence-electron chi connectivity index (χ3n) is 6.24. The monoisotopic (exact) mass is 469 g/mol. The number of alkyl halides is 3. The molecule has 1 aromatic carbocycles. The van der Waals surface area contributed by atoms with E-state index < -0.39 is 104 Å². The number of amides is 1. The minimum atomic E-state index is -5.11. The Labute approximate surface area is 181 Å². The zero-order valence-electron chi connectivity index (χ0n) is 16.2. The van der Waals surface area contributed by atoms with Gasteiger partial charge in [-0.15, -0.1) is 0 Å². The summed E-state index contributed by atoms with van der Waals surface area (Å²) in [7, 11) is 0. The number of aliphatic hydroxyl groups excluding tert-OH is 3. The fraction of sp³-hybridized carbons (Fsp3) is 0.300. The van der Waals surface area contributed by atoms with Crippen molar-refractivity contribution in [1.29, 1.82) is 0 Å². The molecule has 13 heteroatoms. The molecule has 3 aliphatic carbocycles. The second kappa shape index (κ2) is 6.65. The van der Waals surface area contributed by atoms with Crippen LogP contribution < -0.4 is 5.73 Å². The summed E-state index contributed by atoms with van der Waals surface area (Å²) >= 11 is 0. The molecule has 0 unspecified atom stereocenters. The quantitative estimate of drug-likeness (QED) is 0.308. The van der Waals surface area contributed by atoms with Crippen molar-refractivity contribution in [3.63, 3.8) is 0 Å². The second-order valence-corrected chi connectivity index (χ2v) is 7.89. The zero-order chi connectivity index (χ0) is 24.8. The van der Waals surface area contributed by atoms with Gasteiger partial charge in [0.2, 0.25) is 5.78 Å². The Hall–Kier alpha value is -3.71. The van der Waals surface area contributed by atoms with Gasteiger partial charge in [-0.1, -0.05) is 0 Å². The second-order valence-electron chi connectivity index (χ2n) is 7.89. The third kappa shape index (κ3) is 2.69. The number of carbonyl (C=O) groups is 4. The number of Topliss-reactive ketones (excluding diaryl/α,β-unsaturated/α-hetero) is 3. The number of aliphatic hydroxyl groups is 4. The van der Waals surface area contributed by atoms with Crippen molar-refractivity contribution in [1.82, 2.24) is 0 Å². The molecule has 0 spiro atoms. The molecule has 1 amide bonds. The Morgan fingerprint density at radius 3 is 2.27 bits per heavy atom. The van der Waals surface area contributed by atoms with Gasteiger partial charge in [-0.25, -0.2) is 0 Å². The van der Waals surface area contributed by atoms with Crippen LogP contribution in [0.4, 0.5) is 13.2 Å². The molecule has 0 heterocycles. The minimum Gasteiger partial charge on any atom is -0.508 e. The molecular weight excluding hydrogens is 455 g/mol. The number of benzene rings is 1. The van der Waals surface area contributed by atoms with Gasteiger partial charge in [-0.3, -0.25) is 19.2 Å². The van der Waals surface area contributed by atoms with Crippen LogP contribution in [0.1, 0.15) is 27.9 Å². The number of phenolic OH excluding ortho intramolecular Hbond substituents is 1. The maximum absolute atomic E-state index is 13.2. The first-order valence-corrected chi connectivity index (χ1v) is 9.28. The van der Waals surface area contributed by atoms with Crippen molar-refractivity contribution in [3.05, 3.63) is 45.7 Å². The van der Waals surface area contributed by atoms with Gasteiger partial charge >= 0.3 is 6.18 Å². The van der Waals surface area contributed by atoms with Gasteiger partial charge < -0.3 is 31.3 Å². The van der Waals surface area contributed by atoms with Crippen LogP contribution in [-0.4, -0.2) is 60.5 Å². The fourth-order valence-corrected chi connectivity index (χ4v) is 4.70. The molecule has 174 valence electrons. The standard InChI is InChI=1S/C20H14F3NO9/c21-20(22,23)5-2-1-4-8(13(5)27)15(29)11-10(12(4)26)14(28)6-3-7(25)9(18(24)32)16(30)19(6,33)17(11)31/h1-2,6,10,14,27-30,33H,3H2,(H2,24,32)/t6-,10+,14-,19-/m1/s1. The van der Waals surface area contributed by atoms with Gasteiger partial charge in [0.25, 0.3) is 5.91 Å². The highest BCUT2D eigenvalue weighted by Gasteiger charge is 2.65. The number of halogens is 3. The number of hydrogen-bond donors (Lipinski definition) is 6. The fourth-order valence-electron chi connectivity index (χ4n) is 4.70. The summed E-state index contributed by atoms with van der Waals surface area (Å²) in [6.45, 7) is 0. The van der Waals surface area contributed by atoms with Gasteiger partial charge in [0.15, 0.2) is 17.2 Å². The number of fused-ring (bicyclic) bond motifs is 3. The predicted octanol–water partition coefficient (Wildman–Crippen LogP) is 0.0537. The van der Waals surface area contributed by atoms with Gasteiger partial charge in [0.1, 0.15) is 22.8 Å². The molecule has 4 atom stereocenters. The Morgan fingerprint density at radius 2 is 1.73 bits per heavy atom. The molecule has 0 bridgehead atoms. The van der Waals surface area contributed by atoms with Crippen molar-refractivity contribution in [2.24, 2.45) is 17.6 Å². The van der Waals surface area contributed by atoms with Crippen LogP contribution in [0.2, 0.25) is 0 Å². The highest BCUT2D eigenvalue weighted by atomic mass is 19.4. The number of nitrogens with two attached hydrogens (primary N) is 1. The van der Waals surface area contributed by atoms with Crippen molar-refractivity contribution < 1.29 is 57.9 Å². The van der Waals surface area contributed by atoms with E-state index in [0.717, 1.165) is 0 Å². The Bertz CT molecular complexity index is 1250. The van der Waals surface area contributed by atoms with Crippen LogP contribution in [-0.2, 0) is 20.6 Å². The molecule has 1 aromatic rings. The molecule has 33 heavy (non-hydrogen) atoms. The van der Waals surface area contributed by atoms with Gasteiger partial charge in [0.05, 0.1) is 28.7 Å². The van der Waals surface area contributed by atoms with Gasteiger partial charge in [-0.2, -0.15) is 13.2 Å². The summed E-state index contributed by atoms with van der Waals surface area (Å²) in [6, 6.07) is 1.01. The van der Waals surface area contributed by atoms with Crippen molar-refractivity contribution in [2.75, 3.05) is 0 Å². The van der Waals surface area contributed by atoms with E-state index in [1.807, 2.05) is 0 Å². The largest absolute Gasteiger partial charge is 0.508 e. The summed E-state index contributed by atoms with van der Waals surface area (Å²) in [6.07, 6.45) is -8.10. The summed E-state index contributed by atoms with van der Waals surface area (Å²) < 4.78 is 39.6. The summed E-state index contributed by atoms with van der Waals surface area (Å²) in [5.74, 6) is -13.7. The maximum atomic E-state index is 13.2. The molecule has 0 aliphatic heterocycles. The van der Waals surface area contributed by atoms with E-state index in [1.165, 1.54) is 0 Å².